The number of thiophene rings is 2. The fourth-order valence-electron chi connectivity index (χ4n) is 3.30. The molecule has 1 N–H and O–H groups in total. The van der Waals surface area contributed by atoms with Crippen LogP contribution in [0.2, 0.25) is 0 Å². The van der Waals surface area contributed by atoms with Gasteiger partial charge in [-0.1, -0.05) is 25.1 Å². The molecular weight excluding hydrogens is 508 g/mol. The molecule has 0 aromatic carbocycles. The van der Waals surface area contributed by atoms with Crippen molar-refractivity contribution in [3.8, 4) is 11.4 Å². The number of hydrogen-bond acceptors (Lipinski definition) is 10. The van der Waals surface area contributed by atoms with E-state index in [1.807, 2.05) is 11.6 Å². The summed E-state index contributed by atoms with van der Waals surface area (Å²) in [4.78, 5) is 39.1. The molecule has 3 aromatic heterocycles. The molecule has 0 aliphatic heterocycles. The Morgan fingerprint density at radius 3 is 2.51 bits per heavy atom. The van der Waals surface area contributed by atoms with E-state index in [0.29, 0.717) is 10.7 Å². The maximum absolute atomic E-state index is 12.7. The topological polar surface area (TPSA) is 112 Å². The summed E-state index contributed by atoms with van der Waals surface area (Å²) in [5, 5.41) is 14.2. The molecule has 0 saturated carbocycles. The molecule has 1 amide bonds. The number of anilines is 1. The number of carbonyl (C=O) groups excluding carboxylic acids is 3. The highest BCUT2D eigenvalue weighted by Gasteiger charge is 2.27. The lowest BCUT2D eigenvalue weighted by molar-refractivity contribution is -0.113. The number of nitrogens with one attached hydrogen (secondary N) is 1. The molecule has 3 aromatic rings. The SMILES string of the molecule is CCCc1cc(-c2nnc(SCC(=O)Nc3sc(C(=O)OCC)c(C)c3C(=O)OCC)n2C)cs1. The lowest BCUT2D eigenvalue weighted by Crippen LogP contribution is -2.16. The smallest absolute Gasteiger partial charge is 0.348 e. The number of aromatic nitrogens is 3. The van der Waals surface area contributed by atoms with Crippen molar-refractivity contribution in [2.24, 2.45) is 7.05 Å². The first kappa shape index (κ1) is 26.9. The van der Waals surface area contributed by atoms with Gasteiger partial charge < -0.3 is 19.4 Å². The molecule has 0 bridgehead atoms. The molecule has 0 unspecified atom stereocenters. The van der Waals surface area contributed by atoms with E-state index in [2.05, 4.69) is 33.9 Å². The first-order valence-corrected chi connectivity index (χ1v) is 13.9. The molecule has 3 rings (SSSR count). The number of nitrogens with zero attached hydrogens (tertiary/aromatic N) is 3. The van der Waals surface area contributed by atoms with Crippen molar-refractivity contribution in [3.63, 3.8) is 0 Å². The van der Waals surface area contributed by atoms with Crippen LogP contribution < -0.4 is 5.32 Å². The molecular formula is C23H28N4O5S3. The standard InChI is InChI=1S/C23H28N4O5S3/c1-6-9-15-10-14(11-33-15)19-25-26-23(27(19)5)34-12-16(28)24-20-17(21(29)31-7-2)13(4)18(35-20)22(30)32-8-3/h10-11H,6-9,12H2,1-5H3,(H,24,28). The van der Waals surface area contributed by atoms with Crippen LogP contribution in [0.1, 0.15) is 57.7 Å². The van der Waals surface area contributed by atoms with E-state index in [-0.39, 0.29) is 40.3 Å². The van der Waals surface area contributed by atoms with Crippen LogP contribution in [0.5, 0.6) is 0 Å². The molecule has 0 saturated heterocycles. The fraction of sp³-hybridized carbons (Fsp3) is 0.435. The number of amides is 1. The molecule has 0 spiro atoms. The Kier molecular flexibility index (Phi) is 9.47. The van der Waals surface area contributed by atoms with Gasteiger partial charge in [-0.3, -0.25) is 4.79 Å². The van der Waals surface area contributed by atoms with Gasteiger partial charge in [-0.05, 0) is 38.8 Å². The highest BCUT2D eigenvalue weighted by atomic mass is 32.2. The summed E-state index contributed by atoms with van der Waals surface area (Å²) in [6.07, 6.45) is 2.11. The van der Waals surface area contributed by atoms with E-state index in [1.54, 1.807) is 32.1 Å². The van der Waals surface area contributed by atoms with E-state index in [4.69, 9.17) is 9.47 Å². The molecule has 0 radical (unpaired) electrons. The summed E-state index contributed by atoms with van der Waals surface area (Å²) < 4.78 is 12.1. The van der Waals surface area contributed by atoms with Crippen molar-refractivity contribution in [2.45, 2.75) is 45.7 Å². The predicted molar refractivity (Wildman–Crippen MR) is 139 cm³/mol. The van der Waals surface area contributed by atoms with Gasteiger partial charge in [0.25, 0.3) is 0 Å². The van der Waals surface area contributed by atoms with E-state index in [9.17, 15) is 14.4 Å². The zero-order valence-corrected chi connectivity index (χ0v) is 22.7. The quantitative estimate of drug-likeness (QED) is 0.271. The Bertz CT molecular complexity index is 1210. The van der Waals surface area contributed by atoms with Crippen molar-refractivity contribution < 1.29 is 23.9 Å². The minimum atomic E-state index is -0.601. The van der Waals surface area contributed by atoms with Gasteiger partial charge in [-0.15, -0.1) is 32.9 Å². The van der Waals surface area contributed by atoms with Gasteiger partial charge >= 0.3 is 11.9 Å². The molecule has 0 aliphatic carbocycles. The van der Waals surface area contributed by atoms with Gasteiger partial charge in [-0.25, -0.2) is 9.59 Å². The molecule has 0 fully saturated rings. The van der Waals surface area contributed by atoms with Crippen LogP contribution >= 0.6 is 34.4 Å². The molecule has 9 nitrogen and oxygen atoms in total. The fourth-order valence-corrected chi connectivity index (χ4v) is 6.09. The molecule has 3 heterocycles. The predicted octanol–water partition coefficient (Wildman–Crippen LogP) is 4.95. The summed E-state index contributed by atoms with van der Waals surface area (Å²) in [5.74, 6) is -0.704. The second-order valence-corrected chi connectivity index (χ2v) is 10.4. The van der Waals surface area contributed by atoms with E-state index >= 15 is 0 Å². The number of aryl methyl sites for hydroxylation is 1. The van der Waals surface area contributed by atoms with Gasteiger partial charge in [0.05, 0.1) is 24.5 Å². The van der Waals surface area contributed by atoms with Crippen LogP contribution in [0.3, 0.4) is 0 Å². The van der Waals surface area contributed by atoms with Gasteiger partial charge in [0.15, 0.2) is 11.0 Å². The van der Waals surface area contributed by atoms with E-state index in [1.165, 1.54) is 16.6 Å². The van der Waals surface area contributed by atoms with Crippen LogP contribution in [0, 0.1) is 6.92 Å². The molecule has 35 heavy (non-hydrogen) atoms. The Morgan fingerprint density at radius 2 is 1.83 bits per heavy atom. The molecule has 188 valence electrons. The lowest BCUT2D eigenvalue weighted by atomic mass is 10.1. The molecule has 0 atom stereocenters. The maximum atomic E-state index is 12.7. The third-order valence-electron chi connectivity index (χ3n) is 4.92. The minimum absolute atomic E-state index is 0.0463. The summed E-state index contributed by atoms with van der Waals surface area (Å²) in [6, 6.07) is 2.12. The number of ether oxygens (including phenoxy) is 2. The second-order valence-electron chi connectivity index (χ2n) is 7.45. The zero-order valence-electron chi connectivity index (χ0n) is 20.3. The van der Waals surface area contributed by atoms with Gasteiger partial charge in [0.2, 0.25) is 5.91 Å². The van der Waals surface area contributed by atoms with E-state index < -0.39 is 11.9 Å². The highest BCUT2D eigenvalue weighted by Crippen LogP contribution is 2.35. The Balaban J connectivity index is 1.73. The van der Waals surface area contributed by atoms with E-state index in [0.717, 1.165) is 35.6 Å². The second kappa shape index (κ2) is 12.3. The van der Waals surface area contributed by atoms with Crippen LogP contribution in [0.4, 0.5) is 5.00 Å². The Morgan fingerprint density at radius 1 is 1.11 bits per heavy atom. The lowest BCUT2D eigenvalue weighted by Gasteiger charge is -2.07. The van der Waals surface area contributed by atoms with Crippen molar-refractivity contribution in [3.05, 3.63) is 32.3 Å². The Hall–Kier alpha value is -2.70. The largest absolute Gasteiger partial charge is 0.462 e. The van der Waals surface area contributed by atoms with Crippen molar-refractivity contribution in [2.75, 3.05) is 24.3 Å². The molecule has 0 aliphatic rings. The maximum Gasteiger partial charge on any atom is 0.348 e. The van der Waals surface area contributed by atoms with Crippen molar-refractivity contribution in [1.29, 1.82) is 0 Å². The Labute approximate surface area is 216 Å². The third-order valence-corrected chi connectivity index (χ3v) is 8.12. The number of thioether (sulfide) groups is 1. The van der Waals surface area contributed by atoms with Crippen LogP contribution in [0.15, 0.2) is 16.6 Å². The minimum Gasteiger partial charge on any atom is -0.462 e. The summed E-state index contributed by atoms with van der Waals surface area (Å²) >= 11 is 3.93. The zero-order chi connectivity index (χ0) is 25.5. The van der Waals surface area contributed by atoms with Crippen LogP contribution in [-0.2, 0) is 27.7 Å². The normalized spacial score (nSPS) is 10.9. The number of rotatable bonds is 11. The highest BCUT2D eigenvalue weighted by molar-refractivity contribution is 7.99. The monoisotopic (exact) mass is 536 g/mol. The summed E-state index contributed by atoms with van der Waals surface area (Å²) in [7, 11) is 1.86. The van der Waals surface area contributed by atoms with Gasteiger partial charge in [0, 0.05) is 22.9 Å². The van der Waals surface area contributed by atoms with Crippen LogP contribution in [-0.4, -0.2) is 51.6 Å². The average molecular weight is 537 g/mol. The first-order chi connectivity index (χ1) is 16.8. The van der Waals surface area contributed by atoms with Crippen molar-refractivity contribution in [1.82, 2.24) is 14.8 Å². The number of hydrogen-bond donors (Lipinski definition) is 1. The third kappa shape index (κ3) is 6.30. The van der Waals surface area contributed by atoms with Gasteiger partial charge in [0.1, 0.15) is 9.88 Å². The molecule has 12 heteroatoms. The van der Waals surface area contributed by atoms with Gasteiger partial charge in [-0.2, -0.15) is 0 Å². The average Bonchev–Trinajstić information content (AvgIpc) is 3.50. The number of esters is 2. The summed E-state index contributed by atoms with van der Waals surface area (Å²) in [6.45, 7) is 7.55. The first-order valence-electron chi connectivity index (χ1n) is 11.2. The summed E-state index contributed by atoms with van der Waals surface area (Å²) in [5.41, 5.74) is 1.59. The van der Waals surface area contributed by atoms with Crippen molar-refractivity contribution >= 4 is 57.3 Å². The van der Waals surface area contributed by atoms with Crippen LogP contribution in [0.25, 0.3) is 11.4 Å². The number of carbonyl (C=O) groups is 3.